The number of hydrogen-bond donors (Lipinski definition) is 1. The second kappa shape index (κ2) is 4.44. The Balaban J connectivity index is 2.63. The molecule has 0 spiro atoms. The maximum absolute atomic E-state index is 9.34. The molecule has 0 atom stereocenters. The van der Waals surface area contributed by atoms with Crippen LogP contribution in [0.15, 0.2) is 36.6 Å². The lowest BCUT2D eigenvalue weighted by molar-refractivity contribution is 0.336. The van der Waals surface area contributed by atoms with E-state index >= 15 is 0 Å². The van der Waals surface area contributed by atoms with Crippen molar-refractivity contribution in [2.24, 2.45) is 0 Å². The van der Waals surface area contributed by atoms with Gasteiger partial charge in [0.25, 0.3) is 0 Å². The predicted octanol–water partition coefficient (Wildman–Crippen LogP) is 2.09. The quantitative estimate of drug-likeness (QED) is 0.693. The van der Waals surface area contributed by atoms with Crippen molar-refractivity contribution < 1.29 is 9.84 Å². The van der Waals surface area contributed by atoms with Crippen LogP contribution in [-0.2, 0) is 11.2 Å². The van der Waals surface area contributed by atoms with Gasteiger partial charge in [-0.15, -0.1) is 0 Å². The molecule has 0 bridgehead atoms. The highest BCUT2D eigenvalue weighted by atomic mass is 16.5. The van der Waals surface area contributed by atoms with E-state index in [0.717, 1.165) is 5.56 Å². The van der Waals surface area contributed by atoms with Crippen molar-refractivity contribution in [3.05, 3.63) is 42.2 Å². The minimum absolute atomic E-state index is 0.332. The number of rotatable bonds is 3. The zero-order chi connectivity index (χ0) is 8.81. The molecular formula is C10H12O2. The van der Waals surface area contributed by atoms with Crippen LogP contribution in [-0.4, -0.2) is 12.2 Å². The summed E-state index contributed by atoms with van der Waals surface area (Å²) in [7, 11) is 1.60. The normalized spacial score (nSPS) is 10.4. The Labute approximate surface area is 72.1 Å². The number of phenolic OH excluding ortho intramolecular Hbond substituents is 1. The summed E-state index contributed by atoms with van der Waals surface area (Å²) >= 11 is 0. The van der Waals surface area contributed by atoms with Gasteiger partial charge in [-0.25, -0.2) is 0 Å². The largest absolute Gasteiger partial charge is 0.508 e. The van der Waals surface area contributed by atoms with Gasteiger partial charge >= 0.3 is 0 Å². The summed E-state index contributed by atoms with van der Waals surface area (Å²) in [6, 6.07) is 7.26. The summed E-state index contributed by atoms with van der Waals surface area (Å²) in [5.74, 6) is 0.332. The van der Waals surface area contributed by atoms with Gasteiger partial charge in [0.05, 0.1) is 13.4 Å². The Kier molecular flexibility index (Phi) is 3.20. The number of hydrogen-bond acceptors (Lipinski definition) is 2. The van der Waals surface area contributed by atoms with E-state index in [9.17, 15) is 5.11 Å². The summed E-state index contributed by atoms with van der Waals surface area (Å²) < 4.78 is 4.74. The van der Waals surface area contributed by atoms with Crippen molar-refractivity contribution >= 4 is 0 Å². The van der Waals surface area contributed by atoms with Crippen LogP contribution in [0.1, 0.15) is 5.56 Å². The first-order valence-corrected chi connectivity index (χ1v) is 3.79. The second-order valence-electron chi connectivity index (χ2n) is 2.44. The van der Waals surface area contributed by atoms with Crippen molar-refractivity contribution in [2.75, 3.05) is 7.11 Å². The maximum Gasteiger partial charge on any atom is 0.119 e. The number of benzene rings is 1. The summed E-state index contributed by atoms with van der Waals surface area (Å²) in [6.07, 6.45) is 4.15. The Morgan fingerprint density at radius 3 is 2.83 bits per heavy atom. The highest BCUT2D eigenvalue weighted by molar-refractivity contribution is 5.33. The lowest BCUT2D eigenvalue weighted by Gasteiger charge is -1.98. The lowest BCUT2D eigenvalue weighted by Crippen LogP contribution is -1.81. The van der Waals surface area contributed by atoms with E-state index < -0.39 is 0 Å². The zero-order valence-electron chi connectivity index (χ0n) is 7.03. The molecule has 0 aromatic heterocycles. The van der Waals surface area contributed by atoms with Gasteiger partial charge in [0.1, 0.15) is 5.75 Å². The summed E-state index contributed by atoms with van der Waals surface area (Å²) in [4.78, 5) is 0. The van der Waals surface area contributed by atoms with E-state index in [1.54, 1.807) is 25.5 Å². The fourth-order valence-electron chi connectivity index (χ4n) is 0.955. The summed E-state index contributed by atoms with van der Waals surface area (Å²) in [5.41, 5.74) is 0.908. The topological polar surface area (TPSA) is 29.5 Å². The number of aromatic hydroxyl groups is 1. The van der Waals surface area contributed by atoms with Gasteiger partial charge in [0.2, 0.25) is 0 Å². The standard InChI is InChI=1S/C10H12O2/c1-12-8-4-6-9-5-2-3-7-10(9)11/h2-5,7-8,11H,6H2,1H3/b8-4+. The van der Waals surface area contributed by atoms with Crippen molar-refractivity contribution in [3.8, 4) is 5.75 Å². The minimum Gasteiger partial charge on any atom is -0.508 e. The van der Waals surface area contributed by atoms with E-state index in [0.29, 0.717) is 12.2 Å². The molecule has 0 saturated heterocycles. The molecule has 0 unspecified atom stereocenters. The molecule has 2 nitrogen and oxygen atoms in total. The molecule has 0 amide bonds. The molecule has 0 radical (unpaired) electrons. The Morgan fingerprint density at radius 2 is 2.17 bits per heavy atom. The third kappa shape index (κ3) is 2.31. The van der Waals surface area contributed by atoms with E-state index in [4.69, 9.17) is 4.74 Å². The highest BCUT2D eigenvalue weighted by Crippen LogP contribution is 2.15. The molecule has 1 aromatic carbocycles. The number of para-hydroxylation sites is 1. The fraction of sp³-hybridized carbons (Fsp3) is 0.200. The smallest absolute Gasteiger partial charge is 0.119 e. The zero-order valence-corrected chi connectivity index (χ0v) is 7.03. The number of phenols is 1. The third-order valence-electron chi connectivity index (χ3n) is 1.56. The third-order valence-corrected chi connectivity index (χ3v) is 1.56. The van der Waals surface area contributed by atoms with E-state index in [-0.39, 0.29) is 0 Å². The SMILES string of the molecule is CO/C=C/Cc1ccccc1O. The van der Waals surface area contributed by atoms with Crippen LogP contribution in [0.4, 0.5) is 0 Å². The second-order valence-corrected chi connectivity index (χ2v) is 2.44. The molecule has 0 heterocycles. The van der Waals surface area contributed by atoms with Gasteiger partial charge in [0.15, 0.2) is 0 Å². The summed E-state index contributed by atoms with van der Waals surface area (Å²) in [6.45, 7) is 0. The van der Waals surface area contributed by atoms with E-state index in [1.165, 1.54) is 0 Å². The molecule has 0 saturated carbocycles. The molecule has 1 rings (SSSR count). The van der Waals surface area contributed by atoms with E-state index in [1.807, 2.05) is 18.2 Å². The van der Waals surface area contributed by atoms with Crippen LogP contribution >= 0.6 is 0 Å². The van der Waals surface area contributed by atoms with Crippen molar-refractivity contribution in [2.45, 2.75) is 6.42 Å². The van der Waals surface area contributed by atoms with Crippen LogP contribution in [0.5, 0.6) is 5.75 Å². The monoisotopic (exact) mass is 164 g/mol. The molecule has 64 valence electrons. The van der Waals surface area contributed by atoms with Gasteiger partial charge in [0, 0.05) is 0 Å². The molecule has 0 fully saturated rings. The van der Waals surface area contributed by atoms with Gasteiger partial charge < -0.3 is 9.84 Å². The molecule has 0 aliphatic rings. The van der Waals surface area contributed by atoms with Crippen LogP contribution in [0, 0.1) is 0 Å². The Morgan fingerprint density at radius 1 is 1.42 bits per heavy atom. The Hall–Kier alpha value is -1.44. The van der Waals surface area contributed by atoms with Crippen molar-refractivity contribution in [1.82, 2.24) is 0 Å². The van der Waals surface area contributed by atoms with Gasteiger partial charge in [-0.05, 0) is 24.1 Å². The molecule has 0 aliphatic carbocycles. The predicted molar refractivity (Wildman–Crippen MR) is 48.0 cm³/mol. The first-order chi connectivity index (χ1) is 5.84. The molecule has 1 N–H and O–H groups in total. The molecule has 0 aliphatic heterocycles. The van der Waals surface area contributed by atoms with Gasteiger partial charge in [-0.2, -0.15) is 0 Å². The van der Waals surface area contributed by atoms with Gasteiger partial charge in [-0.1, -0.05) is 18.2 Å². The average Bonchev–Trinajstić information content (AvgIpc) is 2.09. The highest BCUT2D eigenvalue weighted by Gasteiger charge is 1.94. The van der Waals surface area contributed by atoms with Crippen molar-refractivity contribution in [3.63, 3.8) is 0 Å². The van der Waals surface area contributed by atoms with E-state index in [2.05, 4.69) is 0 Å². The molecule has 1 aromatic rings. The van der Waals surface area contributed by atoms with Crippen molar-refractivity contribution in [1.29, 1.82) is 0 Å². The number of allylic oxidation sites excluding steroid dienone is 1. The van der Waals surface area contributed by atoms with Crippen LogP contribution in [0.25, 0.3) is 0 Å². The number of ether oxygens (including phenoxy) is 1. The Bertz CT molecular complexity index is 266. The van der Waals surface area contributed by atoms with Crippen LogP contribution in [0.3, 0.4) is 0 Å². The maximum atomic E-state index is 9.34. The van der Waals surface area contributed by atoms with Gasteiger partial charge in [-0.3, -0.25) is 0 Å². The molecular weight excluding hydrogens is 152 g/mol. The average molecular weight is 164 g/mol. The molecule has 2 heteroatoms. The van der Waals surface area contributed by atoms with Crippen LogP contribution in [0.2, 0.25) is 0 Å². The molecule has 12 heavy (non-hydrogen) atoms. The first-order valence-electron chi connectivity index (χ1n) is 3.79. The van der Waals surface area contributed by atoms with Crippen LogP contribution < -0.4 is 0 Å². The summed E-state index contributed by atoms with van der Waals surface area (Å²) in [5, 5.41) is 9.34. The lowest BCUT2D eigenvalue weighted by atomic mass is 10.1. The fourth-order valence-corrected chi connectivity index (χ4v) is 0.955. The number of methoxy groups -OCH3 is 1. The first kappa shape index (κ1) is 8.65. The minimum atomic E-state index is 0.332.